The molecule has 5 heteroatoms. The predicted octanol–water partition coefficient (Wildman–Crippen LogP) is 1.79. The number of aliphatic carboxylic acids is 1. The number of furan rings is 1. The molecule has 5 nitrogen and oxygen atoms in total. The monoisotopic (exact) mass is 232 g/mol. The summed E-state index contributed by atoms with van der Waals surface area (Å²) in [7, 11) is 0. The van der Waals surface area contributed by atoms with Crippen LogP contribution in [0.2, 0.25) is 0 Å². The predicted molar refractivity (Wildman–Crippen MR) is 59.4 cm³/mol. The summed E-state index contributed by atoms with van der Waals surface area (Å²) in [4.78, 5) is 15.4. The number of aryl methyl sites for hydroxylation is 1. The van der Waals surface area contributed by atoms with Crippen molar-refractivity contribution < 1.29 is 14.3 Å². The fourth-order valence-electron chi connectivity index (χ4n) is 2.18. The van der Waals surface area contributed by atoms with E-state index in [0.717, 1.165) is 17.3 Å². The lowest BCUT2D eigenvalue weighted by atomic mass is 9.98. The van der Waals surface area contributed by atoms with Gasteiger partial charge < -0.3 is 14.1 Å². The lowest BCUT2D eigenvalue weighted by molar-refractivity contribution is -0.142. The summed E-state index contributed by atoms with van der Waals surface area (Å²) >= 11 is 0. The van der Waals surface area contributed by atoms with E-state index in [2.05, 4.69) is 4.98 Å². The van der Waals surface area contributed by atoms with Crippen LogP contribution in [0.1, 0.15) is 12.2 Å². The molecule has 17 heavy (non-hydrogen) atoms. The van der Waals surface area contributed by atoms with Crippen molar-refractivity contribution in [1.29, 1.82) is 0 Å². The Morgan fingerprint density at radius 3 is 3.18 bits per heavy atom. The van der Waals surface area contributed by atoms with Crippen LogP contribution < -0.4 is 0 Å². The van der Waals surface area contributed by atoms with Crippen LogP contribution in [0.3, 0.4) is 0 Å². The fourth-order valence-corrected chi connectivity index (χ4v) is 2.18. The molecule has 0 bridgehead atoms. The third kappa shape index (κ3) is 1.73. The van der Waals surface area contributed by atoms with E-state index in [9.17, 15) is 4.79 Å². The van der Waals surface area contributed by atoms with Gasteiger partial charge in [-0.05, 0) is 18.6 Å². The van der Waals surface area contributed by atoms with Crippen molar-refractivity contribution in [3.63, 3.8) is 0 Å². The quantitative estimate of drug-likeness (QED) is 0.857. The zero-order chi connectivity index (χ0) is 11.8. The summed E-state index contributed by atoms with van der Waals surface area (Å²) in [6.45, 7) is 0.708. The molecule has 0 aliphatic carbocycles. The van der Waals surface area contributed by atoms with Crippen molar-refractivity contribution in [2.45, 2.75) is 19.4 Å². The average Bonchev–Trinajstić information content (AvgIpc) is 2.96. The highest BCUT2D eigenvalue weighted by Gasteiger charge is 2.26. The first-order chi connectivity index (χ1) is 8.24. The van der Waals surface area contributed by atoms with Gasteiger partial charge in [-0.2, -0.15) is 0 Å². The Morgan fingerprint density at radius 1 is 1.59 bits per heavy atom. The lowest BCUT2D eigenvalue weighted by Crippen LogP contribution is -2.25. The van der Waals surface area contributed by atoms with Gasteiger partial charge >= 0.3 is 5.97 Å². The van der Waals surface area contributed by atoms with Gasteiger partial charge in [-0.15, -0.1) is 0 Å². The van der Waals surface area contributed by atoms with Gasteiger partial charge in [0.2, 0.25) is 0 Å². The molecule has 3 rings (SSSR count). The van der Waals surface area contributed by atoms with E-state index in [1.807, 2.05) is 22.9 Å². The van der Waals surface area contributed by atoms with Gasteiger partial charge in [-0.3, -0.25) is 4.79 Å². The first kappa shape index (κ1) is 10.1. The molecule has 0 amide bonds. The minimum Gasteiger partial charge on any atom is -0.481 e. The second-order valence-corrected chi connectivity index (χ2v) is 4.24. The standard InChI is InChI=1S/C12H12N2O3/c15-12(16)8-3-4-14-7-9(13-11(14)6-8)10-2-1-5-17-10/h1-2,5,7-8H,3-4,6H2,(H,15,16). The van der Waals surface area contributed by atoms with E-state index in [-0.39, 0.29) is 5.92 Å². The minimum absolute atomic E-state index is 0.311. The van der Waals surface area contributed by atoms with Crippen molar-refractivity contribution in [2.75, 3.05) is 0 Å². The highest BCUT2D eigenvalue weighted by Crippen LogP contribution is 2.25. The Balaban J connectivity index is 1.92. The number of carbonyl (C=O) groups is 1. The van der Waals surface area contributed by atoms with E-state index in [4.69, 9.17) is 9.52 Å². The number of imidazole rings is 1. The highest BCUT2D eigenvalue weighted by atomic mass is 16.4. The minimum atomic E-state index is -0.737. The van der Waals surface area contributed by atoms with Crippen LogP contribution in [0.5, 0.6) is 0 Å². The Bertz CT molecular complexity index is 542. The first-order valence-corrected chi connectivity index (χ1v) is 5.57. The molecule has 1 unspecified atom stereocenters. The summed E-state index contributed by atoms with van der Waals surface area (Å²) in [6.07, 6.45) is 4.69. The van der Waals surface area contributed by atoms with Crippen LogP contribution in [0.25, 0.3) is 11.5 Å². The van der Waals surface area contributed by atoms with Crippen LogP contribution in [0.4, 0.5) is 0 Å². The second-order valence-electron chi connectivity index (χ2n) is 4.24. The molecule has 0 saturated heterocycles. The fraction of sp³-hybridized carbons (Fsp3) is 0.333. The molecular weight excluding hydrogens is 220 g/mol. The number of aromatic nitrogens is 2. The van der Waals surface area contributed by atoms with Crippen molar-refractivity contribution in [3.8, 4) is 11.5 Å². The summed E-state index contributed by atoms with van der Waals surface area (Å²) < 4.78 is 7.29. The van der Waals surface area contributed by atoms with Gasteiger partial charge in [-0.1, -0.05) is 0 Å². The molecule has 1 aliphatic heterocycles. The third-order valence-corrected chi connectivity index (χ3v) is 3.13. The van der Waals surface area contributed by atoms with E-state index in [1.54, 1.807) is 6.26 Å². The molecule has 0 saturated carbocycles. The molecule has 3 heterocycles. The van der Waals surface area contributed by atoms with Crippen molar-refractivity contribution in [3.05, 3.63) is 30.4 Å². The van der Waals surface area contributed by atoms with E-state index in [0.29, 0.717) is 19.4 Å². The molecule has 0 aromatic carbocycles. The van der Waals surface area contributed by atoms with Crippen LogP contribution >= 0.6 is 0 Å². The molecule has 2 aromatic heterocycles. The smallest absolute Gasteiger partial charge is 0.307 e. The van der Waals surface area contributed by atoms with Gasteiger partial charge in [0.1, 0.15) is 11.5 Å². The van der Waals surface area contributed by atoms with Crippen molar-refractivity contribution >= 4 is 5.97 Å². The number of hydrogen-bond acceptors (Lipinski definition) is 3. The van der Waals surface area contributed by atoms with Crippen molar-refractivity contribution in [2.24, 2.45) is 5.92 Å². The molecule has 1 atom stereocenters. The molecular formula is C12H12N2O3. The SMILES string of the molecule is O=C(O)C1CCn2cc(-c3ccco3)nc2C1. The maximum atomic E-state index is 10.9. The van der Waals surface area contributed by atoms with Gasteiger partial charge in [0.15, 0.2) is 5.76 Å². The molecule has 0 fully saturated rings. The molecule has 2 aromatic rings. The Labute approximate surface area is 97.7 Å². The summed E-state index contributed by atoms with van der Waals surface area (Å²) in [5.74, 6) is 0.502. The zero-order valence-electron chi connectivity index (χ0n) is 9.17. The van der Waals surface area contributed by atoms with Crippen LogP contribution in [-0.4, -0.2) is 20.6 Å². The van der Waals surface area contributed by atoms with Crippen LogP contribution in [0.15, 0.2) is 29.0 Å². The Kier molecular flexibility index (Phi) is 2.24. The second kappa shape index (κ2) is 3.76. The topological polar surface area (TPSA) is 68.3 Å². The third-order valence-electron chi connectivity index (χ3n) is 3.13. The van der Waals surface area contributed by atoms with Crippen molar-refractivity contribution in [1.82, 2.24) is 9.55 Å². The summed E-state index contributed by atoms with van der Waals surface area (Å²) in [6, 6.07) is 3.66. The average molecular weight is 232 g/mol. The van der Waals surface area contributed by atoms with E-state index < -0.39 is 5.97 Å². The Hall–Kier alpha value is -2.04. The van der Waals surface area contributed by atoms with Crippen LogP contribution in [-0.2, 0) is 17.8 Å². The summed E-state index contributed by atoms with van der Waals surface area (Å²) in [5, 5.41) is 9.00. The van der Waals surface area contributed by atoms with Crippen LogP contribution in [0, 0.1) is 5.92 Å². The van der Waals surface area contributed by atoms with Gasteiger partial charge in [0.25, 0.3) is 0 Å². The molecule has 0 spiro atoms. The maximum Gasteiger partial charge on any atom is 0.307 e. The zero-order valence-corrected chi connectivity index (χ0v) is 9.17. The first-order valence-electron chi connectivity index (χ1n) is 5.57. The number of carboxylic acids is 1. The number of rotatable bonds is 2. The lowest BCUT2D eigenvalue weighted by Gasteiger charge is -2.19. The number of carboxylic acid groups (broad SMARTS) is 1. The van der Waals surface area contributed by atoms with E-state index in [1.165, 1.54) is 0 Å². The molecule has 1 aliphatic rings. The number of nitrogens with zero attached hydrogens (tertiary/aromatic N) is 2. The van der Waals surface area contributed by atoms with Gasteiger partial charge in [0.05, 0.1) is 12.2 Å². The van der Waals surface area contributed by atoms with Gasteiger partial charge in [-0.25, -0.2) is 4.98 Å². The maximum absolute atomic E-state index is 10.9. The molecule has 88 valence electrons. The number of fused-ring (bicyclic) bond motifs is 1. The van der Waals surface area contributed by atoms with E-state index >= 15 is 0 Å². The molecule has 0 radical (unpaired) electrons. The largest absolute Gasteiger partial charge is 0.481 e. The number of hydrogen-bond donors (Lipinski definition) is 1. The molecule has 1 N–H and O–H groups in total. The Morgan fingerprint density at radius 2 is 2.47 bits per heavy atom. The summed E-state index contributed by atoms with van der Waals surface area (Å²) in [5.41, 5.74) is 0.774. The highest BCUT2D eigenvalue weighted by molar-refractivity contribution is 5.70. The van der Waals surface area contributed by atoms with Gasteiger partial charge in [0, 0.05) is 19.2 Å². The normalized spacial score (nSPS) is 18.9.